The van der Waals surface area contributed by atoms with Crippen LogP contribution in [0.25, 0.3) is 0 Å². The molecule has 0 N–H and O–H groups in total. The third-order valence-electron chi connectivity index (χ3n) is 2.21. The fourth-order valence-corrected chi connectivity index (χ4v) is 0.922. The zero-order valence-electron chi connectivity index (χ0n) is 7.73. The Labute approximate surface area is 68.2 Å². The molecule has 0 amide bonds. The summed E-state index contributed by atoms with van der Waals surface area (Å²) in [5.41, 5.74) is -0.00750. The van der Waals surface area contributed by atoms with Crippen molar-refractivity contribution in [2.24, 2.45) is 5.41 Å². The van der Waals surface area contributed by atoms with Gasteiger partial charge in [-0.05, 0) is 0 Å². The normalized spacial score (nSPS) is 32.2. The summed E-state index contributed by atoms with van der Waals surface area (Å²) in [5.74, 6) is 0.229. The summed E-state index contributed by atoms with van der Waals surface area (Å²) in [4.78, 5) is 0. The zero-order chi connectivity index (χ0) is 8.70. The number of hydrogen-bond acceptors (Lipinski definition) is 2. The minimum absolute atomic E-state index is 0.00750. The summed E-state index contributed by atoms with van der Waals surface area (Å²) in [7, 11) is 0. The van der Waals surface area contributed by atoms with Crippen molar-refractivity contribution in [2.75, 3.05) is 6.61 Å². The van der Waals surface area contributed by atoms with Crippen LogP contribution in [0.2, 0.25) is 0 Å². The topological polar surface area (TPSA) is 18.5 Å². The van der Waals surface area contributed by atoms with Crippen LogP contribution in [0.5, 0.6) is 0 Å². The molecule has 0 aromatic carbocycles. The quantitative estimate of drug-likeness (QED) is 0.536. The van der Waals surface area contributed by atoms with Gasteiger partial charge in [-0.25, -0.2) is 0 Å². The lowest BCUT2D eigenvalue weighted by atomic mass is 9.87. The fourth-order valence-electron chi connectivity index (χ4n) is 0.922. The summed E-state index contributed by atoms with van der Waals surface area (Å²) in [6.07, 6.45) is 0. The number of rotatable bonds is 0. The molecular weight excluding hydrogens is 140 g/mol. The van der Waals surface area contributed by atoms with E-state index < -0.39 is 5.79 Å². The molecule has 64 valence electrons. The van der Waals surface area contributed by atoms with Gasteiger partial charge >= 0.3 is 0 Å². The van der Waals surface area contributed by atoms with E-state index in [4.69, 9.17) is 9.47 Å². The molecule has 0 aliphatic carbocycles. The third kappa shape index (κ3) is 1.41. The molecule has 0 aromatic heterocycles. The Morgan fingerprint density at radius 2 is 2.00 bits per heavy atom. The van der Waals surface area contributed by atoms with Gasteiger partial charge < -0.3 is 9.47 Å². The Hall–Kier alpha value is -0.500. The molecule has 1 heterocycles. The van der Waals surface area contributed by atoms with Gasteiger partial charge in [-0.2, -0.15) is 0 Å². The molecule has 1 unspecified atom stereocenters. The predicted molar refractivity (Wildman–Crippen MR) is 44.0 cm³/mol. The number of ether oxygens (including phenoxy) is 2. The predicted octanol–water partition coefficient (Wildman–Crippen LogP) is 2.31. The highest BCUT2D eigenvalue weighted by atomic mass is 16.7. The molecule has 2 nitrogen and oxygen atoms in total. The SMILES string of the molecule is C=C1COC(C)(C(C)(C)C)O1. The van der Waals surface area contributed by atoms with Gasteiger partial charge in [-0.3, -0.25) is 0 Å². The molecule has 11 heavy (non-hydrogen) atoms. The van der Waals surface area contributed by atoms with Crippen molar-refractivity contribution in [3.8, 4) is 0 Å². The summed E-state index contributed by atoms with van der Waals surface area (Å²) in [6, 6.07) is 0. The molecular formula is C9H16O2. The van der Waals surface area contributed by atoms with Crippen LogP contribution in [-0.4, -0.2) is 12.4 Å². The van der Waals surface area contributed by atoms with Crippen LogP contribution in [0, 0.1) is 5.41 Å². The summed E-state index contributed by atoms with van der Waals surface area (Å²) < 4.78 is 11.0. The Morgan fingerprint density at radius 1 is 1.45 bits per heavy atom. The van der Waals surface area contributed by atoms with E-state index in [1.54, 1.807) is 0 Å². The molecule has 1 aliphatic rings. The van der Waals surface area contributed by atoms with Gasteiger partial charge in [0.1, 0.15) is 12.4 Å². The zero-order valence-corrected chi connectivity index (χ0v) is 7.73. The Bertz CT molecular complexity index is 178. The van der Waals surface area contributed by atoms with E-state index in [1.807, 2.05) is 6.92 Å². The van der Waals surface area contributed by atoms with Crippen LogP contribution < -0.4 is 0 Å². The van der Waals surface area contributed by atoms with E-state index >= 15 is 0 Å². The highest BCUT2D eigenvalue weighted by Crippen LogP contribution is 2.39. The maximum atomic E-state index is 5.50. The first-order valence-corrected chi connectivity index (χ1v) is 3.86. The molecule has 0 bridgehead atoms. The van der Waals surface area contributed by atoms with Crippen LogP contribution in [-0.2, 0) is 9.47 Å². The Balaban J connectivity index is 2.77. The maximum absolute atomic E-state index is 5.50. The summed E-state index contributed by atoms with van der Waals surface area (Å²) in [6.45, 7) is 12.5. The molecule has 1 atom stereocenters. The molecule has 0 aromatic rings. The molecule has 0 radical (unpaired) electrons. The van der Waals surface area contributed by atoms with Crippen LogP contribution >= 0.6 is 0 Å². The second kappa shape index (κ2) is 2.24. The minimum Gasteiger partial charge on any atom is -0.465 e. The Kier molecular flexibility index (Phi) is 1.75. The van der Waals surface area contributed by atoms with Crippen molar-refractivity contribution in [3.05, 3.63) is 12.3 Å². The lowest BCUT2D eigenvalue weighted by molar-refractivity contribution is -0.200. The second-order valence-corrected chi connectivity index (χ2v) is 4.13. The van der Waals surface area contributed by atoms with Crippen LogP contribution in [0.15, 0.2) is 12.3 Å². The first kappa shape index (κ1) is 8.60. The summed E-state index contributed by atoms with van der Waals surface area (Å²) in [5, 5.41) is 0. The lowest BCUT2D eigenvalue weighted by Gasteiger charge is -2.35. The monoisotopic (exact) mass is 156 g/mol. The molecule has 1 rings (SSSR count). The van der Waals surface area contributed by atoms with Gasteiger partial charge in [0.15, 0.2) is 0 Å². The molecule has 0 saturated carbocycles. The smallest absolute Gasteiger partial charge is 0.212 e. The van der Waals surface area contributed by atoms with Crippen LogP contribution in [0.3, 0.4) is 0 Å². The standard InChI is InChI=1S/C9H16O2/c1-7-6-10-9(5,11-7)8(2,3)4/h1,6H2,2-5H3. The third-order valence-corrected chi connectivity index (χ3v) is 2.21. The van der Waals surface area contributed by atoms with E-state index in [-0.39, 0.29) is 5.41 Å². The van der Waals surface area contributed by atoms with E-state index in [0.29, 0.717) is 6.61 Å². The Morgan fingerprint density at radius 3 is 2.18 bits per heavy atom. The van der Waals surface area contributed by atoms with E-state index in [0.717, 1.165) is 5.76 Å². The molecule has 1 fully saturated rings. The van der Waals surface area contributed by atoms with Gasteiger partial charge in [0, 0.05) is 12.3 Å². The van der Waals surface area contributed by atoms with Gasteiger partial charge in [0.05, 0.1) is 0 Å². The van der Waals surface area contributed by atoms with Gasteiger partial charge in [0.25, 0.3) is 0 Å². The van der Waals surface area contributed by atoms with E-state index in [9.17, 15) is 0 Å². The fraction of sp³-hybridized carbons (Fsp3) is 0.778. The molecule has 0 spiro atoms. The van der Waals surface area contributed by atoms with Crippen LogP contribution in [0.1, 0.15) is 27.7 Å². The highest BCUT2D eigenvalue weighted by Gasteiger charge is 2.44. The van der Waals surface area contributed by atoms with Gasteiger partial charge in [0.2, 0.25) is 5.79 Å². The second-order valence-electron chi connectivity index (χ2n) is 4.13. The van der Waals surface area contributed by atoms with Crippen molar-refractivity contribution >= 4 is 0 Å². The van der Waals surface area contributed by atoms with Crippen molar-refractivity contribution in [3.63, 3.8) is 0 Å². The summed E-state index contributed by atoms with van der Waals surface area (Å²) >= 11 is 0. The number of hydrogen-bond donors (Lipinski definition) is 0. The maximum Gasteiger partial charge on any atom is 0.212 e. The average Bonchev–Trinajstić information content (AvgIpc) is 2.10. The molecule has 2 heteroatoms. The van der Waals surface area contributed by atoms with Crippen molar-refractivity contribution in [1.29, 1.82) is 0 Å². The average molecular weight is 156 g/mol. The first-order chi connectivity index (χ1) is 4.85. The van der Waals surface area contributed by atoms with E-state index in [2.05, 4.69) is 27.4 Å². The van der Waals surface area contributed by atoms with Crippen molar-refractivity contribution in [2.45, 2.75) is 33.5 Å². The lowest BCUT2D eigenvalue weighted by Crippen LogP contribution is -2.40. The largest absolute Gasteiger partial charge is 0.465 e. The van der Waals surface area contributed by atoms with E-state index in [1.165, 1.54) is 0 Å². The van der Waals surface area contributed by atoms with Gasteiger partial charge in [-0.15, -0.1) is 0 Å². The van der Waals surface area contributed by atoms with Crippen molar-refractivity contribution < 1.29 is 9.47 Å². The van der Waals surface area contributed by atoms with Gasteiger partial charge in [-0.1, -0.05) is 27.4 Å². The van der Waals surface area contributed by atoms with Crippen LogP contribution in [0.4, 0.5) is 0 Å². The highest BCUT2D eigenvalue weighted by molar-refractivity contribution is 4.96. The minimum atomic E-state index is -0.496. The molecule has 1 saturated heterocycles. The van der Waals surface area contributed by atoms with Crippen molar-refractivity contribution in [1.82, 2.24) is 0 Å². The molecule has 1 aliphatic heterocycles. The first-order valence-electron chi connectivity index (χ1n) is 3.86.